The summed E-state index contributed by atoms with van der Waals surface area (Å²) < 4.78 is 11.2. The Hall–Kier alpha value is -4.10. The van der Waals surface area contributed by atoms with Crippen molar-refractivity contribution in [3.05, 3.63) is 91.9 Å². The van der Waals surface area contributed by atoms with E-state index in [4.69, 9.17) is 32.7 Å². The van der Waals surface area contributed by atoms with Crippen LogP contribution in [0.1, 0.15) is 29.9 Å². The highest BCUT2D eigenvalue weighted by molar-refractivity contribution is 9.10. The number of rotatable bonds is 6. The van der Waals surface area contributed by atoms with Gasteiger partial charge in [-0.25, -0.2) is 0 Å². The number of ether oxygens (including phenoxy) is 2. The molecule has 3 fully saturated rings. The molecule has 2 aliphatic heterocycles. The molecule has 14 heteroatoms. The largest absolute Gasteiger partial charge is 0.503 e. The fourth-order valence-corrected chi connectivity index (χ4v) is 9.03. The second-order valence-corrected chi connectivity index (χ2v) is 14.0. The standard InChI is InChI=1S/C34H28BrCl2N3O8/c1-47-18-6-3-16(4-7-18)34-22(31(43)39(33(34)45)38-25-10-5-17(36)13-24(25)37)14-21-19(8-9-20-27(21)32(44)40(46)30(20)42)28(34)15-11-23(35)29(41)26(12-15)48-2/h3-8,10-13,20-22,27-28,38,41,46H,9,14H2,1-2H3/t20-,21+,22-,27-,28-,34+/m0/s1. The first-order valence-corrected chi connectivity index (χ1v) is 16.6. The summed E-state index contributed by atoms with van der Waals surface area (Å²) in [7, 11) is 2.91. The Labute approximate surface area is 293 Å². The highest BCUT2D eigenvalue weighted by atomic mass is 79.9. The van der Waals surface area contributed by atoms with Gasteiger partial charge in [0.1, 0.15) is 5.75 Å². The van der Waals surface area contributed by atoms with Crippen LogP contribution in [0.4, 0.5) is 5.69 Å². The van der Waals surface area contributed by atoms with Gasteiger partial charge in [-0.2, -0.15) is 10.1 Å². The van der Waals surface area contributed by atoms with Crippen molar-refractivity contribution in [1.82, 2.24) is 10.1 Å². The number of hydrogen-bond acceptors (Lipinski definition) is 9. The molecule has 0 spiro atoms. The van der Waals surface area contributed by atoms with Gasteiger partial charge >= 0.3 is 0 Å². The predicted octanol–water partition coefficient (Wildman–Crippen LogP) is 5.85. The Balaban J connectivity index is 1.50. The average molecular weight is 757 g/mol. The quantitative estimate of drug-likeness (QED) is 0.160. The Bertz CT molecular complexity index is 1940. The lowest BCUT2D eigenvalue weighted by molar-refractivity contribution is -0.173. The first-order chi connectivity index (χ1) is 22.9. The third-order valence-corrected chi connectivity index (χ3v) is 11.3. The maximum Gasteiger partial charge on any atom is 0.260 e. The Morgan fingerprint density at radius 3 is 2.33 bits per heavy atom. The molecule has 0 bridgehead atoms. The molecule has 6 atom stereocenters. The van der Waals surface area contributed by atoms with Gasteiger partial charge < -0.3 is 14.6 Å². The van der Waals surface area contributed by atoms with Crippen molar-refractivity contribution in [2.45, 2.75) is 24.2 Å². The van der Waals surface area contributed by atoms with Crippen LogP contribution in [0, 0.1) is 23.7 Å². The number of aromatic hydroxyl groups is 1. The minimum Gasteiger partial charge on any atom is -0.503 e. The second-order valence-electron chi connectivity index (χ2n) is 12.3. The average Bonchev–Trinajstić information content (AvgIpc) is 3.43. The van der Waals surface area contributed by atoms with Crippen LogP contribution in [0.15, 0.2) is 70.7 Å². The summed E-state index contributed by atoms with van der Waals surface area (Å²) >= 11 is 16.0. The van der Waals surface area contributed by atoms with E-state index >= 15 is 4.79 Å². The van der Waals surface area contributed by atoms with Gasteiger partial charge in [-0.15, -0.1) is 0 Å². The van der Waals surface area contributed by atoms with Crippen molar-refractivity contribution in [3.8, 4) is 17.2 Å². The molecule has 2 saturated heterocycles. The lowest BCUT2D eigenvalue weighted by Gasteiger charge is -2.50. The molecule has 3 N–H and O–H groups in total. The second kappa shape index (κ2) is 11.8. The van der Waals surface area contributed by atoms with Gasteiger partial charge in [0.15, 0.2) is 11.5 Å². The fourth-order valence-electron chi connectivity index (χ4n) is 8.12. The molecule has 3 aromatic carbocycles. The van der Waals surface area contributed by atoms with Crippen molar-refractivity contribution in [1.29, 1.82) is 0 Å². The molecular weight excluding hydrogens is 729 g/mol. The maximum absolute atomic E-state index is 15.2. The number of nitrogens with one attached hydrogen (secondary N) is 1. The van der Waals surface area contributed by atoms with E-state index < -0.39 is 58.6 Å². The summed E-state index contributed by atoms with van der Waals surface area (Å²) in [4.78, 5) is 56.3. The molecule has 0 unspecified atom stereocenters. The topological polar surface area (TPSA) is 146 Å². The number of phenols is 1. The van der Waals surface area contributed by atoms with Crippen molar-refractivity contribution < 1.29 is 39.0 Å². The van der Waals surface area contributed by atoms with Crippen LogP contribution in [-0.4, -0.2) is 58.2 Å². The normalized spacial score (nSPS) is 27.8. The molecule has 7 rings (SSSR count). The minimum atomic E-state index is -1.60. The van der Waals surface area contributed by atoms with Crippen LogP contribution in [0.5, 0.6) is 17.2 Å². The maximum atomic E-state index is 15.2. The van der Waals surface area contributed by atoms with E-state index in [-0.39, 0.29) is 44.6 Å². The number of allylic oxidation sites excluding steroid dienone is 2. The van der Waals surface area contributed by atoms with Gasteiger partial charge in [-0.1, -0.05) is 47.0 Å². The zero-order valence-electron chi connectivity index (χ0n) is 25.4. The Morgan fingerprint density at radius 2 is 1.67 bits per heavy atom. The predicted molar refractivity (Wildman–Crippen MR) is 177 cm³/mol. The molecule has 4 aliphatic rings. The van der Waals surface area contributed by atoms with Gasteiger partial charge in [0, 0.05) is 10.9 Å². The van der Waals surface area contributed by atoms with E-state index in [1.54, 1.807) is 48.5 Å². The van der Waals surface area contributed by atoms with Gasteiger partial charge in [0.05, 0.1) is 52.6 Å². The highest BCUT2D eigenvalue weighted by Gasteiger charge is 2.70. The molecule has 2 heterocycles. The first-order valence-electron chi connectivity index (χ1n) is 15.0. The van der Waals surface area contributed by atoms with Gasteiger partial charge in [-0.3, -0.25) is 29.8 Å². The van der Waals surface area contributed by atoms with E-state index in [1.165, 1.54) is 20.3 Å². The van der Waals surface area contributed by atoms with Gasteiger partial charge in [0.25, 0.3) is 23.6 Å². The molecule has 4 amide bonds. The number of imide groups is 2. The zero-order valence-corrected chi connectivity index (χ0v) is 28.5. The lowest BCUT2D eigenvalue weighted by Crippen LogP contribution is -2.53. The number of amides is 4. The summed E-state index contributed by atoms with van der Waals surface area (Å²) in [6, 6.07) is 14.7. The van der Waals surface area contributed by atoms with Crippen LogP contribution in [0.3, 0.4) is 0 Å². The molecule has 2 aliphatic carbocycles. The molecule has 3 aromatic rings. The zero-order chi connectivity index (χ0) is 34.2. The third kappa shape index (κ3) is 4.57. The van der Waals surface area contributed by atoms with Gasteiger partial charge in [-0.05, 0) is 88.3 Å². The van der Waals surface area contributed by atoms with E-state index in [1.807, 2.05) is 6.08 Å². The van der Waals surface area contributed by atoms with E-state index in [0.717, 1.165) is 5.01 Å². The molecule has 248 valence electrons. The van der Waals surface area contributed by atoms with Crippen molar-refractivity contribution in [2.75, 3.05) is 19.6 Å². The van der Waals surface area contributed by atoms with Crippen molar-refractivity contribution in [3.63, 3.8) is 0 Å². The van der Waals surface area contributed by atoms with Crippen LogP contribution in [-0.2, 0) is 24.6 Å². The van der Waals surface area contributed by atoms with Crippen LogP contribution in [0.25, 0.3) is 0 Å². The van der Waals surface area contributed by atoms with Crippen LogP contribution >= 0.6 is 39.1 Å². The van der Waals surface area contributed by atoms with Crippen molar-refractivity contribution >= 4 is 68.4 Å². The number of benzene rings is 3. The monoisotopic (exact) mass is 755 g/mol. The summed E-state index contributed by atoms with van der Waals surface area (Å²) in [6.45, 7) is 0. The third-order valence-electron chi connectivity index (χ3n) is 10.2. The number of methoxy groups -OCH3 is 2. The van der Waals surface area contributed by atoms with Crippen LogP contribution in [0.2, 0.25) is 10.0 Å². The summed E-state index contributed by atoms with van der Waals surface area (Å²) in [5, 5.41) is 22.8. The smallest absolute Gasteiger partial charge is 0.260 e. The Kier molecular flexibility index (Phi) is 7.97. The number of hydroxylamine groups is 2. The van der Waals surface area contributed by atoms with E-state index in [2.05, 4.69) is 21.4 Å². The number of phenolic OH excluding ortho intramolecular Hbond substituents is 1. The summed E-state index contributed by atoms with van der Waals surface area (Å²) in [5.74, 6) is -6.54. The first kappa shape index (κ1) is 32.4. The van der Waals surface area contributed by atoms with Crippen molar-refractivity contribution in [2.24, 2.45) is 23.7 Å². The number of hydrogen-bond donors (Lipinski definition) is 3. The molecule has 11 nitrogen and oxygen atoms in total. The van der Waals surface area contributed by atoms with E-state index in [0.29, 0.717) is 27.5 Å². The highest BCUT2D eigenvalue weighted by Crippen LogP contribution is 2.64. The number of fused-ring (bicyclic) bond motifs is 4. The number of carbonyl (C=O) groups excluding carboxylic acids is 4. The van der Waals surface area contributed by atoms with Gasteiger partial charge in [0.2, 0.25) is 0 Å². The summed E-state index contributed by atoms with van der Waals surface area (Å²) in [6.07, 6.45) is 2.01. The molecular formula is C34H28BrCl2N3O8. The molecule has 0 aromatic heterocycles. The van der Waals surface area contributed by atoms with E-state index in [9.17, 15) is 24.7 Å². The Morgan fingerprint density at radius 1 is 0.938 bits per heavy atom. The number of hydrazine groups is 1. The molecule has 0 radical (unpaired) electrons. The number of carbonyl (C=O) groups is 4. The molecule has 1 saturated carbocycles. The number of nitrogens with zero attached hydrogens (tertiary/aromatic N) is 2. The number of anilines is 1. The summed E-state index contributed by atoms with van der Waals surface area (Å²) in [5.41, 5.74) is 3.27. The lowest BCUT2D eigenvalue weighted by atomic mass is 9.49. The molecule has 48 heavy (non-hydrogen) atoms. The fraction of sp³-hybridized carbons (Fsp3) is 0.294. The SMILES string of the molecule is COc1ccc([C@@]23C(=O)N(Nc4ccc(Cl)cc4Cl)C(=O)[C@@H]2C[C@@H]2C(=CC[C@@H]4C(=O)N(O)C(=O)[C@@H]42)[C@@H]3c2cc(Br)c(O)c(OC)c2)cc1. The minimum absolute atomic E-state index is 0.0237. The number of halogens is 3. The van der Waals surface area contributed by atoms with Crippen LogP contribution < -0.4 is 14.9 Å².